The Hall–Kier alpha value is -1.34. The molecule has 7 nitrogen and oxygen atoms in total. The third-order valence-electron chi connectivity index (χ3n) is 4.13. The third-order valence-corrected chi connectivity index (χ3v) is 4.13. The smallest absolute Gasteiger partial charge is 0.320 e. The second-order valence-corrected chi connectivity index (χ2v) is 5.75. The Labute approximate surface area is 126 Å². The largest absolute Gasteiger partial charge is 0.379 e. The van der Waals surface area contributed by atoms with E-state index in [1.54, 1.807) is 21.7 Å². The van der Waals surface area contributed by atoms with Crippen molar-refractivity contribution in [1.82, 2.24) is 19.6 Å². The molecule has 2 heterocycles. The van der Waals surface area contributed by atoms with Crippen LogP contribution in [0.25, 0.3) is 0 Å². The number of urea groups is 1. The fraction of sp³-hybridized carbons (Fsp3) is 0.857. The number of carbonyl (C=O) groups is 2. The fourth-order valence-corrected chi connectivity index (χ4v) is 2.62. The Morgan fingerprint density at radius 2 is 1.95 bits per heavy atom. The average molecular weight is 298 g/mol. The van der Waals surface area contributed by atoms with Crippen LogP contribution in [0.4, 0.5) is 4.79 Å². The molecule has 0 unspecified atom stereocenters. The second-order valence-electron chi connectivity index (χ2n) is 5.75. The molecule has 3 amide bonds. The van der Waals surface area contributed by atoms with Crippen LogP contribution >= 0.6 is 0 Å². The van der Waals surface area contributed by atoms with Crippen LogP contribution in [-0.2, 0) is 9.53 Å². The molecule has 2 saturated heterocycles. The number of likely N-dealkylation sites (N-methyl/N-ethyl adjacent to an activating group) is 2. The number of hydrogen-bond donors (Lipinski definition) is 0. The van der Waals surface area contributed by atoms with Crippen LogP contribution < -0.4 is 0 Å². The molecule has 2 aliphatic heterocycles. The zero-order valence-electron chi connectivity index (χ0n) is 13.1. The molecule has 0 atom stereocenters. The van der Waals surface area contributed by atoms with Gasteiger partial charge in [-0.2, -0.15) is 0 Å². The van der Waals surface area contributed by atoms with E-state index in [0.717, 1.165) is 45.8 Å². The number of rotatable bonds is 6. The molecule has 2 rings (SSSR count). The monoisotopic (exact) mass is 298 g/mol. The van der Waals surface area contributed by atoms with Gasteiger partial charge in [0, 0.05) is 53.4 Å². The molecule has 2 aliphatic rings. The van der Waals surface area contributed by atoms with Crippen molar-refractivity contribution in [2.24, 2.45) is 0 Å². The highest BCUT2D eigenvalue weighted by molar-refractivity contribution is 5.84. The van der Waals surface area contributed by atoms with Gasteiger partial charge in [-0.05, 0) is 6.42 Å². The van der Waals surface area contributed by atoms with Gasteiger partial charge in [0.25, 0.3) is 0 Å². The first kappa shape index (κ1) is 16.0. The summed E-state index contributed by atoms with van der Waals surface area (Å²) in [5, 5.41) is 0. The summed E-state index contributed by atoms with van der Waals surface area (Å²) in [6.45, 7) is 6.82. The molecule has 120 valence electrons. The summed E-state index contributed by atoms with van der Waals surface area (Å²) in [6, 6.07) is -0.0509. The first-order valence-corrected chi connectivity index (χ1v) is 7.62. The second kappa shape index (κ2) is 7.61. The van der Waals surface area contributed by atoms with E-state index in [4.69, 9.17) is 4.74 Å². The molecule has 0 saturated carbocycles. The zero-order chi connectivity index (χ0) is 15.2. The maximum Gasteiger partial charge on any atom is 0.320 e. The Balaban J connectivity index is 1.64. The van der Waals surface area contributed by atoms with Gasteiger partial charge in [0.15, 0.2) is 0 Å². The molecule has 2 fully saturated rings. The molecule has 0 spiro atoms. The molecule has 0 aliphatic carbocycles. The van der Waals surface area contributed by atoms with Gasteiger partial charge in [0.1, 0.15) is 6.54 Å². The highest BCUT2D eigenvalue weighted by Gasteiger charge is 2.27. The van der Waals surface area contributed by atoms with E-state index in [1.807, 2.05) is 7.05 Å². The van der Waals surface area contributed by atoms with Crippen LogP contribution in [0.1, 0.15) is 6.42 Å². The van der Waals surface area contributed by atoms with E-state index in [0.29, 0.717) is 13.1 Å². The lowest BCUT2D eigenvalue weighted by atomic mass is 10.3. The van der Waals surface area contributed by atoms with Crippen molar-refractivity contribution in [3.63, 3.8) is 0 Å². The number of hydrogen-bond acceptors (Lipinski definition) is 4. The van der Waals surface area contributed by atoms with Gasteiger partial charge in [0.2, 0.25) is 5.91 Å². The van der Waals surface area contributed by atoms with Crippen molar-refractivity contribution >= 4 is 11.9 Å². The SMILES string of the molecule is CN(CCCN1CCOCC1)C(=O)CN1CCN(C)C1=O. The van der Waals surface area contributed by atoms with Crippen molar-refractivity contribution in [2.75, 3.05) is 73.1 Å². The van der Waals surface area contributed by atoms with Gasteiger partial charge < -0.3 is 19.4 Å². The zero-order valence-corrected chi connectivity index (χ0v) is 13.1. The number of nitrogens with zero attached hydrogens (tertiary/aromatic N) is 4. The molecule has 7 heteroatoms. The van der Waals surface area contributed by atoms with E-state index in [2.05, 4.69) is 4.90 Å². The first-order valence-electron chi connectivity index (χ1n) is 7.62. The highest BCUT2D eigenvalue weighted by atomic mass is 16.5. The van der Waals surface area contributed by atoms with Crippen molar-refractivity contribution in [3.8, 4) is 0 Å². The molecular weight excluding hydrogens is 272 g/mol. The van der Waals surface area contributed by atoms with Crippen LogP contribution in [-0.4, -0.2) is 105 Å². The summed E-state index contributed by atoms with van der Waals surface area (Å²) in [5.74, 6) is 0.0145. The Bertz CT molecular complexity index is 371. The summed E-state index contributed by atoms with van der Waals surface area (Å²) in [7, 11) is 3.57. The van der Waals surface area contributed by atoms with Crippen LogP contribution in [0, 0.1) is 0 Å². The van der Waals surface area contributed by atoms with Gasteiger partial charge in [-0.1, -0.05) is 0 Å². The predicted molar refractivity (Wildman–Crippen MR) is 79.1 cm³/mol. The van der Waals surface area contributed by atoms with Gasteiger partial charge in [-0.15, -0.1) is 0 Å². The van der Waals surface area contributed by atoms with Gasteiger partial charge in [-0.25, -0.2) is 4.79 Å². The van der Waals surface area contributed by atoms with Gasteiger partial charge in [-0.3, -0.25) is 9.69 Å². The quantitative estimate of drug-likeness (QED) is 0.665. The Kier molecular flexibility index (Phi) is 5.81. The molecule has 0 aromatic carbocycles. The minimum absolute atomic E-state index is 0.0145. The van der Waals surface area contributed by atoms with E-state index < -0.39 is 0 Å². The van der Waals surface area contributed by atoms with E-state index in [1.165, 1.54) is 0 Å². The van der Waals surface area contributed by atoms with Crippen molar-refractivity contribution < 1.29 is 14.3 Å². The molecule has 21 heavy (non-hydrogen) atoms. The lowest BCUT2D eigenvalue weighted by Gasteiger charge is -2.27. The number of morpholine rings is 1. The number of amides is 3. The van der Waals surface area contributed by atoms with Crippen LogP contribution in [0.3, 0.4) is 0 Å². The minimum atomic E-state index is -0.0509. The lowest BCUT2D eigenvalue weighted by molar-refractivity contribution is -0.130. The third kappa shape index (κ3) is 4.57. The number of carbonyl (C=O) groups excluding carboxylic acids is 2. The standard InChI is InChI=1S/C14H26N4O3/c1-15(4-3-5-17-8-10-21-11-9-17)13(19)12-18-7-6-16(2)14(18)20/h3-12H2,1-2H3. The topological polar surface area (TPSA) is 56.3 Å². The van der Waals surface area contributed by atoms with E-state index >= 15 is 0 Å². The first-order chi connectivity index (χ1) is 10.1. The van der Waals surface area contributed by atoms with Crippen molar-refractivity contribution in [2.45, 2.75) is 6.42 Å². The molecule has 0 aromatic rings. The minimum Gasteiger partial charge on any atom is -0.379 e. The molecule has 0 N–H and O–H groups in total. The van der Waals surface area contributed by atoms with Crippen LogP contribution in [0.5, 0.6) is 0 Å². The van der Waals surface area contributed by atoms with Gasteiger partial charge >= 0.3 is 6.03 Å². The number of ether oxygens (including phenoxy) is 1. The summed E-state index contributed by atoms with van der Waals surface area (Å²) in [5.41, 5.74) is 0. The fourth-order valence-electron chi connectivity index (χ4n) is 2.62. The summed E-state index contributed by atoms with van der Waals surface area (Å²) in [4.78, 5) is 31.2. The molecular formula is C14H26N4O3. The maximum absolute atomic E-state index is 12.1. The summed E-state index contributed by atoms with van der Waals surface area (Å²) < 4.78 is 5.31. The normalized spacial score (nSPS) is 20.2. The molecule has 0 aromatic heterocycles. The predicted octanol–water partition coefficient (Wildman–Crippen LogP) is -0.465. The van der Waals surface area contributed by atoms with Crippen LogP contribution in [0.15, 0.2) is 0 Å². The van der Waals surface area contributed by atoms with Crippen molar-refractivity contribution in [3.05, 3.63) is 0 Å². The summed E-state index contributed by atoms with van der Waals surface area (Å²) >= 11 is 0. The summed E-state index contributed by atoms with van der Waals surface area (Å²) in [6.07, 6.45) is 0.954. The highest BCUT2D eigenvalue weighted by Crippen LogP contribution is 2.06. The van der Waals surface area contributed by atoms with E-state index in [-0.39, 0.29) is 18.5 Å². The molecule has 0 bridgehead atoms. The lowest BCUT2D eigenvalue weighted by Crippen LogP contribution is -2.42. The van der Waals surface area contributed by atoms with Crippen molar-refractivity contribution in [1.29, 1.82) is 0 Å². The Morgan fingerprint density at radius 3 is 2.57 bits per heavy atom. The Morgan fingerprint density at radius 1 is 1.24 bits per heavy atom. The van der Waals surface area contributed by atoms with Gasteiger partial charge in [0.05, 0.1) is 13.2 Å². The molecule has 0 radical (unpaired) electrons. The maximum atomic E-state index is 12.1. The van der Waals surface area contributed by atoms with E-state index in [9.17, 15) is 9.59 Å². The van der Waals surface area contributed by atoms with Crippen LogP contribution in [0.2, 0.25) is 0 Å². The average Bonchev–Trinajstić information content (AvgIpc) is 2.80.